The third-order valence-electron chi connectivity index (χ3n) is 2.31. The van der Waals surface area contributed by atoms with Gasteiger partial charge >= 0.3 is 0 Å². The van der Waals surface area contributed by atoms with Crippen LogP contribution in [0.15, 0.2) is 29.2 Å². The normalized spacial score (nSPS) is 13.9. The summed E-state index contributed by atoms with van der Waals surface area (Å²) in [6, 6.07) is 7.35. The van der Waals surface area contributed by atoms with Crippen molar-refractivity contribution in [2.75, 3.05) is 0 Å². The maximum atomic E-state index is 11.1. The van der Waals surface area contributed by atoms with Crippen molar-refractivity contribution in [3.8, 4) is 0 Å². The average molecular weight is 226 g/mol. The molecule has 0 aromatic heterocycles. The van der Waals surface area contributed by atoms with Crippen molar-refractivity contribution >= 4 is 11.1 Å². The van der Waals surface area contributed by atoms with E-state index in [0.717, 1.165) is 18.4 Å². The largest absolute Gasteiger partial charge is 0.302 e. The molecule has 1 atom stereocenters. The van der Waals surface area contributed by atoms with Gasteiger partial charge in [-0.15, -0.1) is 0 Å². The van der Waals surface area contributed by atoms with Gasteiger partial charge in [0.05, 0.1) is 4.90 Å². The Morgan fingerprint density at radius 2 is 1.87 bits per heavy atom. The molecule has 1 rings (SSSR count). The topological polar surface area (TPSA) is 37.3 Å². The van der Waals surface area contributed by atoms with Gasteiger partial charge in [0.15, 0.2) is 11.1 Å². The molecule has 0 saturated heterocycles. The predicted octanol–water partition coefficient (Wildman–Crippen LogP) is 3.25. The van der Waals surface area contributed by atoms with E-state index < -0.39 is 11.1 Å². The number of rotatable bonds is 3. The molecule has 1 unspecified atom stereocenters. The SMILES string of the molecule is CC(C)(C)CCc1ccccc1S(=O)O. The van der Waals surface area contributed by atoms with Gasteiger partial charge in [0.2, 0.25) is 0 Å². The standard InChI is InChI=1S/C12H18O2S/c1-12(2,3)9-8-10-6-4-5-7-11(10)15(13)14/h4-7H,8-9H2,1-3H3,(H,13,14). The van der Waals surface area contributed by atoms with Gasteiger partial charge in [-0.25, -0.2) is 4.21 Å². The Morgan fingerprint density at radius 3 is 2.40 bits per heavy atom. The van der Waals surface area contributed by atoms with Crippen LogP contribution in [0.4, 0.5) is 0 Å². The van der Waals surface area contributed by atoms with Gasteiger partial charge in [0, 0.05) is 0 Å². The molecule has 1 aromatic carbocycles. The molecule has 84 valence electrons. The van der Waals surface area contributed by atoms with E-state index in [9.17, 15) is 4.21 Å². The van der Waals surface area contributed by atoms with Crippen molar-refractivity contribution in [2.45, 2.75) is 38.5 Å². The summed E-state index contributed by atoms with van der Waals surface area (Å²) in [5, 5.41) is 0. The summed E-state index contributed by atoms with van der Waals surface area (Å²) in [5.41, 5.74) is 1.23. The maximum Gasteiger partial charge on any atom is 0.186 e. The van der Waals surface area contributed by atoms with Gasteiger partial charge < -0.3 is 4.55 Å². The zero-order valence-corrected chi connectivity index (χ0v) is 10.3. The summed E-state index contributed by atoms with van der Waals surface area (Å²) in [6.45, 7) is 6.52. The second-order valence-corrected chi connectivity index (χ2v) is 5.86. The van der Waals surface area contributed by atoms with Gasteiger partial charge in [-0.3, -0.25) is 0 Å². The third kappa shape index (κ3) is 4.14. The van der Waals surface area contributed by atoms with Crippen LogP contribution in [-0.4, -0.2) is 8.76 Å². The minimum absolute atomic E-state index is 0.254. The molecule has 1 aromatic rings. The van der Waals surface area contributed by atoms with Crippen LogP contribution in [0.1, 0.15) is 32.8 Å². The lowest BCUT2D eigenvalue weighted by Gasteiger charge is -2.18. The first kappa shape index (κ1) is 12.4. The van der Waals surface area contributed by atoms with Crippen molar-refractivity contribution in [3.05, 3.63) is 29.8 Å². The minimum atomic E-state index is -1.87. The molecule has 0 amide bonds. The van der Waals surface area contributed by atoms with Crippen molar-refractivity contribution in [2.24, 2.45) is 5.41 Å². The summed E-state index contributed by atoms with van der Waals surface area (Å²) in [4.78, 5) is 0.543. The summed E-state index contributed by atoms with van der Waals surface area (Å²) < 4.78 is 20.2. The molecule has 0 spiro atoms. The Labute approximate surface area is 94.0 Å². The molecular formula is C12H18O2S. The van der Waals surface area contributed by atoms with Gasteiger partial charge in [-0.1, -0.05) is 39.0 Å². The van der Waals surface area contributed by atoms with Crippen molar-refractivity contribution in [1.82, 2.24) is 0 Å². The lowest BCUT2D eigenvalue weighted by Crippen LogP contribution is -2.07. The number of hydrogen-bond donors (Lipinski definition) is 1. The second-order valence-electron chi connectivity index (χ2n) is 4.92. The van der Waals surface area contributed by atoms with E-state index in [4.69, 9.17) is 4.55 Å². The smallest absolute Gasteiger partial charge is 0.186 e. The van der Waals surface area contributed by atoms with Gasteiger partial charge in [-0.05, 0) is 29.9 Å². The molecular weight excluding hydrogens is 208 g/mol. The van der Waals surface area contributed by atoms with Crippen molar-refractivity contribution in [3.63, 3.8) is 0 Å². The first-order valence-corrected chi connectivity index (χ1v) is 6.19. The highest BCUT2D eigenvalue weighted by atomic mass is 32.2. The van der Waals surface area contributed by atoms with E-state index in [1.807, 2.05) is 12.1 Å². The fraction of sp³-hybridized carbons (Fsp3) is 0.500. The molecule has 0 aliphatic rings. The van der Waals surface area contributed by atoms with Gasteiger partial charge in [0.25, 0.3) is 0 Å². The summed E-state index contributed by atoms with van der Waals surface area (Å²) in [5.74, 6) is 0. The number of aryl methyl sites for hydroxylation is 1. The first-order valence-electron chi connectivity index (χ1n) is 5.09. The van der Waals surface area contributed by atoms with Crippen LogP contribution in [0, 0.1) is 5.41 Å². The molecule has 3 heteroatoms. The van der Waals surface area contributed by atoms with Gasteiger partial charge in [0.1, 0.15) is 0 Å². The summed E-state index contributed by atoms with van der Waals surface area (Å²) in [7, 11) is 0. The van der Waals surface area contributed by atoms with Gasteiger partial charge in [-0.2, -0.15) is 0 Å². The predicted molar refractivity (Wildman–Crippen MR) is 63.3 cm³/mol. The molecule has 15 heavy (non-hydrogen) atoms. The van der Waals surface area contributed by atoms with E-state index in [1.54, 1.807) is 12.1 Å². The van der Waals surface area contributed by atoms with Crippen LogP contribution in [0.25, 0.3) is 0 Å². The number of hydrogen-bond acceptors (Lipinski definition) is 1. The summed E-state index contributed by atoms with van der Waals surface area (Å²) in [6.07, 6.45) is 1.87. The molecule has 0 heterocycles. The Kier molecular flexibility index (Phi) is 4.05. The average Bonchev–Trinajstić information content (AvgIpc) is 2.14. The van der Waals surface area contributed by atoms with Crippen molar-refractivity contribution in [1.29, 1.82) is 0 Å². The van der Waals surface area contributed by atoms with E-state index in [1.165, 1.54) is 0 Å². The quantitative estimate of drug-likeness (QED) is 0.803. The van der Waals surface area contributed by atoms with Crippen LogP contribution in [0.5, 0.6) is 0 Å². The second kappa shape index (κ2) is 4.90. The fourth-order valence-electron chi connectivity index (χ4n) is 1.39. The molecule has 1 N–H and O–H groups in total. The van der Waals surface area contributed by atoms with Crippen LogP contribution in [-0.2, 0) is 17.5 Å². The van der Waals surface area contributed by atoms with Crippen LogP contribution >= 0.6 is 0 Å². The van der Waals surface area contributed by atoms with Crippen LogP contribution in [0.2, 0.25) is 0 Å². The maximum absolute atomic E-state index is 11.1. The molecule has 0 bridgehead atoms. The molecule has 0 aliphatic heterocycles. The first-order chi connectivity index (χ1) is 6.90. The highest BCUT2D eigenvalue weighted by Crippen LogP contribution is 2.23. The molecule has 0 fully saturated rings. The Balaban J connectivity index is 2.81. The fourth-order valence-corrected chi connectivity index (χ4v) is 1.98. The highest BCUT2D eigenvalue weighted by Gasteiger charge is 2.13. The molecule has 0 radical (unpaired) electrons. The lowest BCUT2D eigenvalue weighted by molar-refractivity contribution is 0.377. The zero-order valence-electron chi connectivity index (χ0n) is 9.49. The van der Waals surface area contributed by atoms with E-state index in [0.29, 0.717) is 4.90 Å². The Bertz CT molecular complexity index is 353. The molecule has 2 nitrogen and oxygen atoms in total. The highest BCUT2D eigenvalue weighted by molar-refractivity contribution is 7.79. The van der Waals surface area contributed by atoms with E-state index in [2.05, 4.69) is 20.8 Å². The molecule has 0 aliphatic carbocycles. The van der Waals surface area contributed by atoms with Crippen LogP contribution in [0.3, 0.4) is 0 Å². The summed E-state index contributed by atoms with van der Waals surface area (Å²) >= 11 is -1.87. The lowest BCUT2D eigenvalue weighted by atomic mass is 9.89. The monoisotopic (exact) mass is 226 g/mol. The Hall–Kier alpha value is -0.670. The third-order valence-corrected chi connectivity index (χ3v) is 3.08. The minimum Gasteiger partial charge on any atom is -0.302 e. The van der Waals surface area contributed by atoms with E-state index in [-0.39, 0.29) is 5.41 Å². The van der Waals surface area contributed by atoms with E-state index >= 15 is 0 Å². The Morgan fingerprint density at radius 1 is 1.27 bits per heavy atom. The van der Waals surface area contributed by atoms with Crippen LogP contribution < -0.4 is 0 Å². The molecule has 0 saturated carbocycles. The zero-order chi connectivity index (χ0) is 11.5. The number of benzene rings is 1. The van der Waals surface area contributed by atoms with Crippen molar-refractivity contribution < 1.29 is 8.76 Å².